The summed E-state index contributed by atoms with van der Waals surface area (Å²) in [4.78, 5) is 11.2. The minimum absolute atomic E-state index is 0. The van der Waals surface area contributed by atoms with Gasteiger partial charge < -0.3 is 14.9 Å². The third kappa shape index (κ3) is 15.2. The van der Waals surface area contributed by atoms with E-state index in [2.05, 4.69) is 19.1 Å². The summed E-state index contributed by atoms with van der Waals surface area (Å²) in [5.74, 6) is -0.293. The third-order valence-electron chi connectivity index (χ3n) is 2.80. The van der Waals surface area contributed by atoms with Crippen LogP contribution in [-0.4, -0.2) is 35.5 Å². The first-order valence-electron chi connectivity index (χ1n) is 7.30. The van der Waals surface area contributed by atoms with Crippen molar-refractivity contribution in [3.8, 4) is 0 Å². The van der Waals surface area contributed by atoms with Gasteiger partial charge in [-0.1, -0.05) is 45.8 Å². The molecule has 0 radical (unpaired) electrons. The molecular formula is C16H32O4. The third-order valence-corrected chi connectivity index (χ3v) is 2.80. The second kappa shape index (κ2) is 16.2. The fourth-order valence-corrected chi connectivity index (χ4v) is 1.66. The van der Waals surface area contributed by atoms with Crippen LogP contribution in [0.5, 0.6) is 0 Å². The van der Waals surface area contributed by atoms with Crippen molar-refractivity contribution in [1.82, 2.24) is 0 Å². The zero-order valence-electron chi connectivity index (χ0n) is 12.0. The largest absolute Gasteiger partial charge is 0.463 e. The lowest BCUT2D eigenvalue weighted by atomic mass is 10.1. The van der Waals surface area contributed by atoms with Crippen LogP contribution in [0.1, 0.15) is 65.7 Å². The summed E-state index contributed by atoms with van der Waals surface area (Å²) in [5.41, 5.74) is 0. The average Bonchev–Trinajstić information content (AvgIpc) is 2.42. The van der Waals surface area contributed by atoms with Crippen molar-refractivity contribution < 1.29 is 19.7 Å². The summed E-state index contributed by atoms with van der Waals surface area (Å²) in [6.07, 6.45) is 11.5. The van der Waals surface area contributed by atoms with Gasteiger partial charge in [-0.2, -0.15) is 0 Å². The molecular weight excluding hydrogens is 256 g/mol. The lowest BCUT2D eigenvalue weighted by Gasteiger charge is -2.08. The Kier molecular flexibility index (Phi) is 17.3. The first-order chi connectivity index (χ1) is 9.20. The van der Waals surface area contributed by atoms with Crippen molar-refractivity contribution in [3.05, 3.63) is 12.2 Å². The maximum absolute atomic E-state index is 11.2. The Labute approximate surface area is 123 Å². The fraction of sp³-hybridized carbons (Fsp3) is 0.812. The number of ether oxygens (including phenoxy) is 1. The number of carbonyl (C=O) groups excluding carboxylic acids is 1. The van der Waals surface area contributed by atoms with Crippen LogP contribution in [0.2, 0.25) is 0 Å². The monoisotopic (exact) mass is 288 g/mol. The van der Waals surface area contributed by atoms with Crippen LogP contribution in [0, 0.1) is 0 Å². The number of unbranched alkanes of at least 4 members (excludes halogenated alkanes) is 5. The number of esters is 1. The van der Waals surface area contributed by atoms with Gasteiger partial charge in [0.1, 0.15) is 12.7 Å². The number of hydrogen-bond acceptors (Lipinski definition) is 4. The van der Waals surface area contributed by atoms with Gasteiger partial charge in [-0.25, -0.2) is 0 Å². The molecule has 0 rings (SSSR count). The molecule has 0 unspecified atom stereocenters. The van der Waals surface area contributed by atoms with E-state index in [1.807, 2.05) is 0 Å². The van der Waals surface area contributed by atoms with Crippen LogP contribution >= 0.6 is 0 Å². The Morgan fingerprint density at radius 1 is 1.15 bits per heavy atom. The van der Waals surface area contributed by atoms with Crippen LogP contribution in [0.25, 0.3) is 0 Å². The Bertz CT molecular complexity index is 239. The zero-order valence-corrected chi connectivity index (χ0v) is 12.0. The van der Waals surface area contributed by atoms with Crippen molar-refractivity contribution in [1.29, 1.82) is 0 Å². The van der Waals surface area contributed by atoms with E-state index in [0.29, 0.717) is 6.42 Å². The first-order valence-corrected chi connectivity index (χ1v) is 7.30. The summed E-state index contributed by atoms with van der Waals surface area (Å²) in [5, 5.41) is 17.6. The van der Waals surface area contributed by atoms with Crippen LogP contribution in [-0.2, 0) is 9.53 Å². The van der Waals surface area contributed by atoms with E-state index < -0.39 is 6.10 Å². The maximum Gasteiger partial charge on any atom is 0.305 e. The predicted molar refractivity (Wildman–Crippen MR) is 82.5 cm³/mol. The molecule has 0 aliphatic rings. The van der Waals surface area contributed by atoms with Crippen molar-refractivity contribution in [3.63, 3.8) is 0 Å². The van der Waals surface area contributed by atoms with E-state index in [1.165, 1.54) is 12.8 Å². The number of carbonyl (C=O) groups is 1. The normalized spacial score (nSPS) is 12.2. The molecule has 0 aromatic carbocycles. The summed E-state index contributed by atoms with van der Waals surface area (Å²) in [7, 11) is 0. The molecule has 0 heterocycles. The molecule has 4 nitrogen and oxygen atoms in total. The molecule has 0 aromatic rings. The highest BCUT2D eigenvalue weighted by Crippen LogP contribution is 2.08. The lowest BCUT2D eigenvalue weighted by molar-refractivity contribution is -0.147. The molecule has 2 N–H and O–H groups in total. The Hall–Kier alpha value is -0.870. The van der Waals surface area contributed by atoms with Crippen LogP contribution in [0.15, 0.2) is 12.2 Å². The van der Waals surface area contributed by atoms with Crippen molar-refractivity contribution in [2.45, 2.75) is 71.8 Å². The standard InChI is InChI=1S/C15H28O4.CH4/c1-2-3-4-5-6-7-8-9-10-11-15(18)19-13-14(17)12-16;/h3-4,14,16-17H,2,5-13H2,1H3;1H4/b4-3+;/t14-;/m1./s1. The molecule has 0 saturated heterocycles. The fourth-order valence-electron chi connectivity index (χ4n) is 1.66. The molecule has 0 aromatic heterocycles. The first kappa shape index (κ1) is 21.4. The van der Waals surface area contributed by atoms with Crippen LogP contribution < -0.4 is 0 Å². The second-order valence-electron chi connectivity index (χ2n) is 4.71. The molecule has 0 amide bonds. The summed E-state index contributed by atoms with van der Waals surface area (Å²) in [6, 6.07) is 0. The second-order valence-corrected chi connectivity index (χ2v) is 4.71. The topological polar surface area (TPSA) is 66.8 Å². The van der Waals surface area contributed by atoms with Gasteiger partial charge in [0.05, 0.1) is 6.61 Å². The quantitative estimate of drug-likeness (QED) is 0.329. The molecule has 0 fully saturated rings. The maximum atomic E-state index is 11.2. The molecule has 0 saturated carbocycles. The molecule has 120 valence electrons. The molecule has 1 atom stereocenters. The van der Waals surface area contributed by atoms with E-state index in [0.717, 1.165) is 32.1 Å². The minimum Gasteiger partial charge on any atom is -0.463 e. The van der Waals surface area contributed by atoms with Gasteiger partial charge in [-0.15, -0.1) is 0 Å². The highest BCUT2D eigenvalue weighted by atomic mass is 16.5. The number of allylic oxidation sites excluding steroid dienone is 2. The predicted octanol–water partition coefficient (Wildman–Crippen LogP) is 3.22. The van der Waals surface area contributed by atoms with E-state index in [9.17, 15) is 4.79 Å². The number of aliphatic hydroxyl groups is 2. The lowest BCUT2D eigenvalue weighted by Crippen LogP contribution is -2.21. The number of aliphatic hydroxyl groups excluding tert-OH is 2. The number of hydrogen-bond donors (Lipinski definition) is 2. The van der Waals surface area contributed by atoms with Gasteiger partial charge in [0, 0.05) is 6.42 Å². The Balaban J connectivity index is 0. The van der Waals surface area contributed by atoms with Gasteiger partial charge in [0.2, 0.25) is 0 Å². The highest BCUT2D eigenvalue weighted by molar-refractivity contribution is 5.69. The van der Waals surface area contributed by atoms with Crippen LogP contribution in [0.3, 0.4) is 0 Å². The van der Waals surface area contributed by atoms with Gasteiger partial charge in [-0.05, 0) is 25.7 Å². The van der Waals surface area contributed by atoms with E-state index in [-0.39, 0.29) is 26.6 Å². The summed E-state index contributed by atoms with van der Waals surface area (Å²) < 4.78 is 4.81. The summed E-state index contributed by atoms with van der Waals surface area (Å²) in [6.45, 7) is 1.65. The molecule has 0 aliphatic carbocycles. The SMILES string of the molecule is C.CC/C=C/CCCCCCCC(=O)OC[C@H](O)CO. The Morgan fingerprint density at radius 3 is 2.45 bits per heavy atom. The molecule has 20 heavy (non-hydrogen) atoms. The Morgan fingerprint density at radius 2 is 1.80 bits per heavy atom. The minimum atomic E-state index is -0.958. The zero-order chi connectivity index (χ0) is 14.3. The van der Waals surface area contributed by atoms with Gasteiger partial charge in [-0.3, -0.25) is 4.79 Å². The van der Waals surface area contributed by atoms with Crippen molar-refractivity contribution >= 4 is 5.97 Å². The van der Waals surface area contributed by atoms with Gasteiger partial charge >= 0.3 is 5.97 Å². The highest BCUT2D eigenvalue weighted by Gasteiger charge is 2.07. The molecule has 0 aliphatic heterocycles. The molecule has 4 heteroatoms. The number of rotatable bonds is 12. The average molecular weight is 288 g/mol. The van der Waals surface area contributed by atoms with Gasteiger partial charge in [0.15, 0.2) is 0 Å². The molecule has 0 spiro atoms. The van der Waals surface area contributed by atoms with Crippen molar-refractivity contribution in [2.24, 2.45) is 0 Å². The van der Waals surface area contributed by atoms with E-state index in [1.54, 1.807) is 0 Å². The van der Waals surface area contributed by atoms with Gasteiger partial charge in [0.25, 0.3) is 0 Å². The van der Waals surface area contributed by atoms with E-state index >= 15 is 0 Å². The molecule has 0 bridgehead atoms. The smallest absolute Gasteiger partial charge is 0.305 e. The van der Waals surface area contributed by atoms with Crippen molar-refractivity contribution in [2.75, 3.05) is 13.2 Å². The summed E-state index contributed by atoms with van der Waals surface area (Å²) >= 11 is 0. The van der Waals surface area contributed by atoms with E-state index in [4.69, 9.17) is 14.9 Å². The van der Waals surface area contributed by atoms with Crippen LogP contribution in [0.4, 0.5) is 0 Å².